The standard InChI is InChI=1S/C16H20FN5O2/c1-24-13(23)11-9-10(5-6-12(11)17)22-15(19)20-14(18)21-16(22)7-3-2-4-8-16/h5-6,9H,2-4,7-8H2,1H3,(H4,18,19,20,21). The summed E-state index contributed by atoms with van der Waals surface area (Å²) in [4.78, 5) is 22.1. The second kappa shape index (κ2) is 6.10. The first kappa shape index (κ1) is 16.2. The Kier molecular flexibility index (Phi) is 4.13. The van der Waals surface area contributed by atoms with Crippen molar-refractivity contribution in [1.82, 2.24) is 0 Å². The molecule has 1 aromatic rings. The maximum absolute atomic E-state index is 13.9. The SMILES string of the molecule is COC(=O)c1cc(N2C(N)=NC(N)=NC23CCCCC3)ccc1F. The van der Waals surface area contributed by atoms with Gasteiger partial charge in [-0.3, -0.25) is 4.90 Å². The molecule has 1 fully saturated rings. The Morgan fingerprint density at radius 2 is 2.00 bits per heavy atom. The third-order valence-corrected chi connectivity index (χ3v) is 4.46. The molecule has 0 saturated heterocycles. The average Bonchev–Trinajstić information content (AvgIpc) is 2.55. The number of rotatable bonds is 2. The fourth-order valence-corrected chi connectivity index (χ4v) is 3.41. The van der Waals surface area contributed by atoms with Gasteiger partial charge in [-0.05, 0) is 43.9 Å². The van der Waals surface area contributed by atoms with Gasteiger partial charge in [0, 0.05) is 5.69 Å². The zero-order valence-electron chi connectivity index (χ0n) is 13.5. The second-order valence-corrected chi connectivity index (χ2v) is 5.97. The summed E-state index contributed by atoms with van der Waals surface area (Å²) < 4.78 is 18.6. The first-order valence-electron chi connectivity index (χ1n) is 7.84. The maximum atomic E-state index is 13.9. The van der Waals surface area contributed by atoms with Crippen LogP contribution in [0.15, 0.2) is 28.2 Å². The second-order valence-electron chi connectivity index (χ2n) is 5.97. The Balaban J connectivity index is 2.09. The molecule has 1 aromatic carbocycles. The molecule has 0 unspecified atom stereocenters. The van der Waals surface area contributed by atoms with Crippen LogP contribution >= 0.6 is 0 Å². The number of guanidine groups is 2. The van der Waals surface area contributed by atoms with E-state index in [4.69, 9.17) is 11.5 Å². The number of methoxy groups -OCH3 is 1. The number of anilines is 1. The lowest BCUT2D eigenvalue weighted by Crippen LogP contribution is -2.58. The molecule has 2 aliphatic rings. The monoisotopic (exact) mass is 333 g/mol. The number of halogens is 1. The van der Waals surface area contributed by atoms with Crippen molar-refractivity contribution in [3.63, 3.8) is 0 Å². The first-order valence-corrected chi connectivity index (χ1v) is 7.84. The molecule has 0 radical (unpaired) electrons. The number of hydrogen-bond donors (Lipinski definition) is 2. The smallest absolute Gasteiger partial charge is 0.340 e. The Morgan fingerprint density at radius 3 is 2.67 bits per heavy atom. The van der Waals surface area contributed by atoms with Crippen molar-refractivity contribution in [2.75, 3.05) is 12.0 Å². The summed E-state index contributed by atoms with van der Waals surface area (Å²) in [6, 6.07) is 4.18. The Morgan fingerprint density at radius 1 is 1.29 bits per heavy atom. The van der Waals surface area contributed by atoms with Crippen molar-refractivity contribution in [3.05, 3.63) is 29.6 Å². The highest BCUT2D eigenvalue weighted by Gasteiger charge is 2.42. The molecule has 4 N–H and O–H groups in total. The van der Waals surface area contributed by atoms with Gasteiger partial charge in [-0.1, -0.05) is 6.42 Å². The molecule has 1 spiro atoms. The molecular weight excluding hydrogens is 313 g/mol. The first-order chi connectivity index (χ1) is 11.5. The number of esters is 1. The molecule has 3 rings (SSSR count). The largest absolute Gasteiger partial charge is 0.465 e. The molecule has 1 heterocycles. The molecule has 0 amide bonds. The highest BCUT2D eigenvalue weighted by Crippen LogP contribution is 2.39. The summed E-state index contributed by atoms with van der Waals surface area (Å²) in [6.45, 7) is 0. The lowest BCUT2D eigenvalue weighted by atomic mass is 9.87. The number of carbonyl (C=O) groups is 1. The molecule has 1 aliphatic carbocycles. The van der Waals surface area contributed by atoms with Gasteiger partial charge in [-0.2, -0.15) is 4.99 Å². The van der Waals surface area contributed by atoms with Crippen molar-refractivity contribution >= 4 is 23.6 Å². The van der Waals surface area contributed by atoms with E-state index in [0.717, 1.165) is 32.1 Å². The van der Waals surface area contributed by atoms with Gasteiger partial charge in [0.2, 0.25) is 11.9 Å². The summed E-state index contributed by atoms with van der Waals surface area (Å²) in [5, 5.41) is 0. The van der Waals surface area contributed by atoms with Crippen molar-refractivity contribution in [2.24, 2.45) is 21.5 Å². The fourth-order valence-electron chi connectivity index (χ4n) is 3.41. The molecule has 8 heteroatoms. The van der Waals surface area contributed by atoms with Crippen LogP contribution in [0.1, 0.15) is 42.5 Å². The number of benzene rings is 1. The van der Waals surface area contributed by atoms with Gasteiger partial charge in [0.15, 0.2) is 0 Å². The van der Waals surface area contributed by atoms with E-state index in [2.05, 4.69) is 14.7 Å². The Hall–Kier alpha value is -2.64. The van der Waals surface area contributed by atoms with Crippen molar-refractivity contribution in [2.45, 2.75) is 37.8 Å². The van der Waals surface area contributed by atoms with Gasteiger partial charge in [0.25, 0.3) is 0 Å². The van der Waals surface area contributed by atoms with E-state index in [1.165, 1.54) is 19.2 Å². The number of carbonyl (C=O) groups excluding carboxylic acids is 1. The predicted octanol–water partition coefficient (Wildman–Crippen LogP) is 1.72. The number of ether oxygens (including phenoxy) is 1. The summed E-state index contributed by atoms with van der Waals surface area (Å²) >= 11 is 0. The lowest BCUT2D eigenvalue weighted by molar-refractivity contribution is 0.0595. The number of nitrogens with zero attached hydrogens (tertiary/aromatic N) is 3. The zero-order chi connectivity index (χ0) is 17.3. The van der Waals surface area contributed by atoms with E-state index in [1.807, 2.05) is 0 Å². The van der Waals surface area contributed by atoms with Gasteiger partial charge in [-0.15, -0.1) is 0 Å². The predicted molar refractivity (Wildman–Crippen MR) is 89.3 cm³/mol. The van der Waals surface area contributed by atoms with E-state index in [1.54, 1.807) is 11.0 Å². The van der Waals surface area contributed by atoms with E-state index >= 15 is 0 Å². The maximum Gasteiger partial charge on any atom is 0.340 e. The van der Waals surface area contributed by atoms with Crippen molar-refractivity contribution in [1.29, 1.82) is 0 Å². The van der Waals surface area contributed by atoms with Crippen LogP contribution in [0.5, 0.6) is 0 Å². The highest BCUT2D eigenvalue weighted by molar-refractivity contribution is 6.06. The Labute approximate surface area is 139 Å². The van der Waals surface area contributed by atoms with Crippen LogP contribution in [0.2, 0.25) is 0 Å². The third-order valence-electron chi connectivity index (χ3n) is 4.46. The zero-order valence-corrected chi connectivity index (χ0v) is 13.5. The lowest BCUT2D eigenvalue weighted by Gasteiger charge is -2.45. The normalized spacial score (nSPS) is 19.7. The van der Waals surface area contributed by atoms with Crippen LogP contribution in [0.4, 0.5) is 10.1 Å². The summed E-state index contributed by atoms with van der Waals surface area (Å²) in [5.41, 5.74) is 11.7. The molecule has 0 bridgehead atoms. The number of aliphatic imine (C=N–C) groups is 2. The van der Waals surface area contributed by atoms with Crippen molar-refractivity contribution in [3.8, 4) is 0 Å². The fraction of sp³-hybridized carbons (Fsp3) is 0.438. The van der Waals surface area contributed by atoms with Gasteiger partial charge in [0.1, 0.15) is 11.5 Å². The molecular formula is C16H20FN5O2. The van der Waals surface area contributed by atoms with Gasteiger partial charge in [-0.25, -0.2) is 14.2 Å². The quantitative estimate of drug-likeness (QED) is 0.802. The van der Waals surface area contributed by atoms with Gasteiger partial charge < -0.3 is 16.2 Å². The topological polar surface area (TPSA) is 106 Å². The van der Waals surface area contributed by atoms with Gasteiger partial charge >= 0.3 is 5.97 Å². The molecule has 0 atom stereocenters. The minimum atomic E-state index is -0.748. The summed E-state index contributed by atoms with van der Waals surface area (Å²) in [6.07, 6.45) is 4.58. The minimum absolute atomic E-state index is 0.140. The molecule has 0 aromatic heterocycles. The van der Waals surface area contributed by atoms with Crippen LogP contribution in [-0.2, 0) is 4.74 Å². The average molecular weight is 333 g/mol. The van der Waals surface area contributed by atoms with Crippen molar-refractivity contribution < 1.29 is 13.9 Å². The van der Waals surface area contributed by atoms with Crippen LogP contribution < -0.4 is 16.4 Å². The molecule has 24 heavy (non-hydrogen) atoms. The minimum Gasteiger partial charge on any atom is -0.465 e. The molecule has 7 nitrogen and oxygen atoms in total. The Bertz CT molecular complexity index is 725. The van der Waals surface area contributed by atoms with Crippen LogP contribution in [0, 0.1) is 5.82 Å². The van der Waals surface area contributed by atoms with E-state index in [9.17, 15) is 9.18 Å². The number of hydrogen-bond acceptors (Lipinski definition) is 7. The van der Waals surface area contributed by atoms with E-state index in [0.29, 0.717) is 5.69 Å². The van der Waals surface area contributed by atoms with Crippen LogP contribution in [-0.4, -0.2) is 30.7 Å². The van der Waals surface area contributed by atoms with Gasteiger partial charge in [0.05, 0.1) is 12.7 Å². The van der Waals surface area contributed by atoms with E-state index < -0.39 is 17.4 Å². The highest BCUT2D eigenvalue weighted by atomic mass is 19.1. The molecule has 1 aliphatic heterocycles. The summed E-state index contributed by atoms with van der Waals surface area (Å²) in [5.74, 6) is -1.07. The van der Waals surface area contributed by atoms with Crippen LogP contribution in [0.3, 0.4) is 0 Å². The van der Waals surface area contributed by atoms with E-state index in [-0.39, 0.29) is 17.5 Å². The molecule has 1 saturated carbocycles. The third kappa shape index (κ3) is 2.68. The van der Waals surface area contributed by atoms with Crippen LogP contribution in [0.25, 0.3) is 0 Å². The molecule has 128 valence electrons. The number of nitrogens with two attached hydrogens (primary N) is 2. The summed E-state index contributed by atoms with van der Waals surface area (Å²) in [7, 11) is 1.21.